The second kappa shape index (κ2) is 7.58. The van der Waals surface area contributed by atoms with Crippen molar-refractivity contribution in [1.29, 1.82) is 0 Å². The molecule has 2 aromatic rings. The summed E-state index contributed by atoms with van der Waals surface area (Å²) >= 11 is 0. The number of hydrogen-bond acceptors (Lipinski definition) is 4. The summed E-state index contributed by atoms with van der Waals surface area (Å²) in [7, 11) is 0. The number of ether oxygens (including phenoxy) is 1. The van der Waals surface area contributed by atoms with Crippen LogP contribution in [-0.2, 0) is 21.6 Å². The quantitative estimate of drug-likeness (QED) is 0.788. The summed E-state index contributed by atoms with van der Waals surface area (Å²) in [4.78, 5) is 15.5. The Morgan fingerprint density at radius 2 is 1.69 bits per heavy atom. The Bertz CT molecular complexity index is 845. The van der Waals surface area contributed by atoms with Crippen LogP contribution in [0.4, 0.5) is 0 Å². The number of aliphatic hydroxyl groups is 1. The molecule has 4 unspecified atom stereocenters. The Morgan fingerprint density at radius 3 is 2.31 bits per heavy atom. The second-order valence-corrected chi connectivity index (χ2v) is 9.41. The van der Waals surface area contributed by atoms with E-state index in [4.69, 9.17) is 4.74 Å². The van der Waals surface area contributed by atoms with Gasteiger partial charge in [-0.1, -0.05) is 60.7 Å². The first-order valence-corrected chi connectivity index (χ1v) is 10.6. The van der Waals surface area contributed by atoms with Gasteiger partial charge in [0, 0.05) is 12.6 Å². The zero-order valence-corrected chi connectivity index (χ0v) is 17.5. The van der Waals surface area contributed by atoms with Gasteiger partial charge >= 0.3 is 5.97 Å². The molecule has 0 amide bonds. The van der Waals surface area contributed by atoms with E-state index in [0.29, 0.717) is 19.4 Å². The molecule has 2 aliphatic heterocycles. The fourth-order valence-electron chi connectivity index (χ4n) is 5.21. The molecule has 2 aliphatic rings. The number of carbonyl (C=O) groups excluding carboxylic acids is 1. The van der Waals surface area contributed by atoms with Crippen LogP contribution in [0, 0.1) is 5.92 Å². The zero-order chi connectivity index (χ0) is 20.6. The molecule has 1 N–H and O–H groups in total. The SMILES string of the molecule is CC(C)(C)OC(=O)C1CC2(c3ccccc3)C(O)CCC1N2Cc1ccccc1. The monoisotopic (exact) mass is 393 g/mol. The molecule has 0 saturated carbocycles. The predicted octanol–water partition coefficient (Wildman–Crippen LogP) is 4.27. The minimum Gasteiger partial charge on any atom is -0.460 e. The molecule has 4 atom stereocenters. The minimum atomic E-state index is -0.568. The van der Waals surface area contributed by atoms with Crippen LogP contribution in [0.1, 0.15) is 51.2 Å². The van der Waals surface area contributed by atoms with E-state index >= 15 is 0 Å². The van der Waals surface area contributed by atoms with Crippen molar-refractivity contribution in [2.24, 2.45) is 5.92 Å². The van der Waals surface area contributed by atoms with Crippen LogP contribution in [0.3, 0.4) is 0 Å². The summed E-state index contributed by atoms with van der Waals surface area (Å²) in [5.74, 6) is -0.386. The molecule has 0 spiro atoms. The molecular weight excluding hydrogens is 362 g/mol. The van der Waals surface area contributed by atoms with Crippen LogP contribution in [-0.4, -0.2) is 33.7 Å². The van der Waals surface area contributed by atoms with Gasteiger partial charge in [0.05, 0.1) is 17.6 Å². The van der Waals surface area contributed by atoms with Gasteiger partial charge in [-0.2, -0.15) is 0 Å². The van der Waals surface area contributed by atoms with Gasteiger partial charge in [0.2, 0.25) is 0 Å². The third-order valence-corrected chi connectivity index (χ3v) is 6.37. The molecule has 0 radical (unpaired) electrons. The average Bonchev–Trinajstić information content (AvgIpc) is 2.92. The molecule has 2 bridgehead atoms. The van der Waals surface area contributed by atoms with Crippen molar-refractivity contribution >= 4 is 5.97 Å². The third kappa shape index (κ3) is 3.72. The minimum absolute atomic E-state index is 0.0636. The first kappa shape index (κ1) is 20.1. The molecule has 2 aromatic carbocycles. The van der Waals surface area contributed by atoms with Gasteiger partial charge in [0.25, 0.3) is 0 Å². The van der Waals surface area contributed by atoms with Crippen LogP contribution < -0.4 is 0 Å². The highest BCUT2D eigenvalue weighted by atomic mass is 16.6. The molecule has 4 rings (SSSR count). The van der Waals surface area contributed by atoms with E-state index in [1.165, 1.54) is 5.56 Å². The number of aliphatic hydroxyl groups excluding tert-OH is 1. The zero-order valence-electron chi connectivity index (χ0n) is 17.5. The largest absolute Gasteiger partial charge is 0.460 e. The number of piperidine rings is 1. The highest BCUT2D eigenvalue weighted by Crippen LogP contribution is 2.54. The van der Waals surface area contributed by atoms with Gasteiger partial charge in [-0.15, -0.1) is 0 Å². The maximum absolute atomic E-state index is 13.2. The second-order valence-electron chi connectivity index (χ2n) is 9.41. The Labute approximate surface area is 173 Å². The number of benzene rings is 2. The van der Waals surface area contributed by atoms with Gasteiger partial charge in [0.15, 0.2) is 0 Å². The molecule has 0 aliphatic carbocycles. The van der Waals surface area contributed by atoms with Crippen molar-refractivity contribution in [2.45, 2.75) is 69.9 Å². The summed E-state index contributed by atoms with van der Waals surface area (Å²) in [6, 6.07) is 20.6. The highest BCUT2D eigenvalue weighted by Gasteiger charge is 2.61. The number of nitrogens with zero attached hydrogens (tertiary/aromatic N) is 1. The van der Waals surface area contributed by atoms with Crippen molar-refractivity contribution < 1.29 is 14.6 Å². The number of hydrogen-bond donors (Lipinski definition) is 1. The first-order chi connectivity index (χ1) is 13.8. The van der Waals surface area contributed by atoms with E-state index < -0.39 is 17.2 Å². The number of esters is 1. The van der Waals surface area contributed by atoms with Crippen LogP contribution in [0.15, 0.2) is 60.7 Å². The van der Waals surface area contributed by atoms with Crippen LogP contribution in [0.25, 0.3) is 0 Å². The number of rotatable bonds is 4. The van der Waals surface area contributed by atoms with Crippen molar-refractivity contribution in [1.82, 2.24) is 4.90 Å². The lowest BCUT2D eigenvalue weighted by atomic mass is 9.78. The summed E-state index contributed by atoms with van der Waals surface area (Å²) in [5, 5.41) is 11.3. The fourth-order valence-corrected chi connectivity index (χ4v) is 5.21. The van der Waals surface area contributed by atoms with E-state index in [-0.39, 0.29) is 17.9 Å². The smallest absolute Gasteiger partial charge is 0.311 e. The van der Waals surface area contributed by atoms with E-state index in [1.54, 1.807) is 0 Å². The predicted molar refractivity (Wildman–Crippen MR) is 113 cm³/mol. The summed E-state index contributed by atoms with van der Waals surface area (Å²) in [6.07, 6.45) is 1.57. The van der Waals surface area contributed by atoms with E-state index in [1.807, 2.05) is 57.2 Å². The Kier molecular flexibility index (Phi) is 5.26. The molecule has 4 nitrogen and oxygen atoms in total. The highest BCUT2D eigenvalue weighted by molar-refractivity contribution is 5.75. The molecule has 2 saturated heterocycles. The normalized spacial score (nSPS) is 29.6. The fraction of sp³-hybridized carbons (Fsp3) is 0.480. The lowest BCUT2D eigenvalue weighted by Crippen LogP contribution is -2.55. The molecule has 29 heavy (non-hydrogen) atoms. The van der Waals surface area contributed by atoms with E-state index in [9.17, 15) is 9.90 Å². The summed E-state index contributed by atoms with van der Waals surface area (Å²) in [5.41, 5.74) is 1.19. The molecular formula is C25H31NO3. The number of carbonyl (C=O) groups is 1. The van der Waals surface area contributed by atoms with Crippen molar-refractivity contribution in [3.05, 3.63) is 71.8 Å². The average molecular weight is 394 g/mol. The topological polar surface area (TPSA) is 49.8 Å². The van der Waals surface area contributed by atoms with Gasteiger partial charge < -0.3 is 9.84 Å². The van der Waals surface area contributed by atoms with Crippen LogP contribution in [0.2, 0.25) is 0 Å². The molecule has 0 aromatic heterocycles. The van der Waals surface area contributed by atoms with E-state index in [2.05, 4.69) is 29.2 Å². The Morgan fingerprint density at radius 1 is 1.07 bits per heavy atom. The van der Waals surface area contributed by atoms with E-state index in [0.717, 1.165) is 12.0 Å². The van der Waals surface area contributed by atoms with Crippen molar-refractivity contribution in [3.63, 3.8) is 0 Å². The maximum atomic E-state index is 13.2. The van der Waals surface area contributed by atoms with Crippen molar-refractivity contribution in [2.75, 3.05) is 0 Å². The van der Waals surface area contributed by atoms with Crippen molar-refractivity contribution in [3.8, 4) is 0 Å². The molecule has 2 fully saturated rings. The molecule has 154 valence electrons. The van der Waals surface area contributed by atoms with Gasteiger partial charge in [-0.25, -0.2) is 0 Å². The van der Waals surface area contributed by atoms with Gasteiger partial charge in [-0.3, -0.25) is 9.69 Å². The Balaban J connectivity index is 1.76. The standard InChI is InChI=1S/C25H31NO3/c1-24(2,3)29-23(28)20-16-25(19-12-8-5-9-13-19)22(27)15-14-21(20)26(25)17-18-10-6-4-7-11-18/h4-13,20-22,27H,14-17H2,1-3H3. The molecule has 2 heterocycles. The maximum Gasteiger partial charge on any atom is 0.311 e. The summed E-state index contributed by atoms with van der Waals surface area (Å²) in [6.45, 7) is 6.44. The van der Waals surface area contributed by atoms with Gasteiger partial charge in [0.1, 0.15) is 5.60 Å². The third-order valence-electron chi connectivity index (χ3n) is 6.37. The lowest BCUT2D eigenvalue weighted by Gasteiger charge is -2.48. The Hall–Kier alpha value is -2.17. The summed E-state index contributed by atoms with van der Waals surface area (Å²) < 4.78 is 5.80. The number of fused-ring (bicyclic) bond motifs is 2. The lowest BCUT2D eigenvalue weighted by molar-refractivity contribution is -0.161. The van der Waals surface area contributed by atoms with Crippen LogP contribution >= 0.6 is 0 Å². The van der Waals surface area contributed by atoms with Crippen LogP contribution in [0.5, 0.6) is 0 Å². The molecule has 4 heteroatoms. The van der Waals surface area contributed by atoms with Gasteiger partial charge in [-0.05, 0) is 51.2 Å². The first-order valence-electron chi connectivity index (χ1n) is 10.6.